The van der Waals surface area contributed by atoms with Crippen LogP contribution < -0.4 is 9.30 Å². The number of fused-ring (bicyclic) bond motifs is 4. The number of para-hydroxylation sites is 1. The summed E-state index contributed by atoms with van der Waals surface area (Å²) in [7, 11) is 1.57. The van der Waals surface area contributed by atoms with Crippen molar-refractivity contribution in [2.75, 3.05) is 20.2 Å². The normalized spacial score (nSPS) is 24.6. The Morgan fingerprint density at radius 2 is 2.15 bits per heavy atom. The molecule has 3 saturated heterocycles. The Labute approximate surface area is 199 Å². The van der Waals surface area contributed by atoms with Crippen LogP contribution in [0.3, 0.4) is 0 Å². The van der Waals surface area contributed by atoms with Crippen LogP contribution in [-0.4, -0.2) is 41.2 Å². The van der Waals surface area contributed by atoms with Gasteiger partial charge in [0.15, 0.2) is 12.7 Å². The molecule has 1 aromatic heterocycles. The molecule has 6 rings (SSSR count). The van der Waals surface area contributed by atoms with Crippen molar-refractivity contribution in [3.8, 4) is 5.75 Å². The molecule has 3 fully saturated rings. The van der Waals surface area contributed by atoms with Crippen molar-refractivity contribution < 1.29 is 19.3 Å². The van der Waals surface area contributed by atoms with E-state index in [9.17, 15) is 15.2 Å². The molecule has 0 spiro atoms. The maximum absolute atomic E-state index is 11.5. The average molecular weight is 461 g/mol. The number of pyridine rings is 1. The number of non-ortho nitro benzene ring substituents is 1. The zero-order valence-electron chi connectivity index (χ0n) is 19.3. The molecule has 2 aromatic carbocycles. The molecule has 34 heavy (non-hydrogen) atoms. The van der Waals surface area contributed by atoms with Crippen molar-refractivity contribution >= 4 is 16.6 Å². The van der Waals surface area contributed by atoms with Gasteiger partial charge in [-0.25, -0.2) is 0 Å². The minimum atomic E-state index is -0.583. The number of rotatable bonds is 7. The van der Waals surface area contributed by atoms with E-state index in [1.54, 1.807) is 19.2 Å². The van der Waals surface area contributed by atoms with Gasteiger partial charge in [-0.2, -0.15) is 4.57 Å². The molecule has 0 aliphatic carbocycles. The highest BCUT2D eigenvalue weighted by atomic mass is 16.6. The summed E-state index contributed by atoms with van der Waals surface area (Å²) in [6.07, 6.45) is 5.59. The van der Waals surface area contributed by atoms with Crippen molar-refractivity contribution in [3.63, 3.8) is 0 Å². The van der Waals surface area contributed by atoms with Gasteiger partial charge in [0.2, 0.25) is 5.52 Å². The molecule has 176 valence electrons. The van der Waals surface area contributed by atoms with Crippen LogP contribution in [0.15, 0.2) is 67.4 Å². The van der Waals surface area contributed by atoms with Gasteiger partial charge in [-0.3, -0.25) is 15.0 Å². The Morgan fingerprint density at radius 1 is 1.32 bits per heavy atom. The predicted octanol–water partition coefficient (Wildman–Crippen LogP) is 4.02. The highest BCUT2D eigenvalue weighted by Gasteiger charge is 2.42. The maximum atomic E-state index is 11.5. The van der Waals surface area contributed by atoms with Gasteiger partial charge in [0, 0.05) is 42.4 Å². The van der Waals surface area contributed by atoms with E-state index in [-0.39, 0.29) is 11.7 Å². The summed E-state index contributed by atoms with van der Waals surface area (Å²) < 4.78 is 7.51. The zero-order valence-corrected chi connectivity index (χ0v) is 19.3. The first-order chi connectivity index (χ1) is 16.5. The average Bonchev–Trinajstić information content (AvgIpc) is 2.88. The molecule has 3 aromatic rings. The number of hydrogen-bond acceptors (Lipinski definition) is 5. The lowest BCUT2D eigenvalue weighted by atomic mass is 9.73. The number of methoxy groups -OCH3 is 1. The molecule has 0 radical (unpaired) electrons. The monoisotopic (exact) mass is 460 g/mol. The standard InChI is InChI=1S/C27H30N3O4/c1-3-18-16-29-12-10-19(18)15-25(29)27(31)23-11-13-28(24-7-5-4-6-22(23)24)17-20-14-21(30(32)33)8-9-26(20)34-2/h3-9,11,13-14,18-19,25,27,31H,1,10,12,15-17H2,2H3/q+1/t18?,19?,25?,27-/m1/s1. The molecule has 1 N–H and O–H groups in total. The Kier molecular flexibility index (Phi) is 6.06. The smallest absolute Gasteiger partial charge is 0.270 e. The van der Waals surface area contributed by atoms with Crippen LogP contribution in [0.25, 0.3) is 10.9 Å². The van der Waals surface area contributed by atoms with E-state index in [4.69, 9.17) is 4.74 Å². The highest BCUT2D eigenvalue weighted by Crippen LogP contribution is 2.42. The number of nitro benzene ring substituents is 1. The fraction of sp³-hybridized carbons (Fsp3) is 0.370. The molecule has 3 aliphatic heterocycles. The maximum Gasteiger partial charge on any atom is 0.270 e. The molecule has 0 saturated carbocycles. The third kappa shape index (κ3) is 3.95. The second-order valence-electron chi connectivity index (χ2n) is 9.36. The second-order valence-corrected chi connectivity index (χ2v) is 9.36. The minimum Gasteiger partial charge on any atom is -0.496 e. The highest BCUT2D eigenvalue weighted by molar-refractivity contribution is 5.79. The minimum absolute atomic E-state index is 0.0342. The van der Waals surface area contributed by atoms with Crippen LogP contribution in [0, 0.1) is 22.0 Å². The van der Waals surface area contributed by atoms with Gasteiger partial charge >= 0.3 is 0 Å². The van der Waals surface area contributed by atoms with Crippen molar-refractivity contribution in [2.24, 2.45) is 11.8 Å². The Bertz CT molecular complexity index is 1240. The summed E-state index contributed by atoms with van der Waals surface area (Å²) in [6.45, 7) is 6.41. The molecule has 3 aliphatic rings. The van der Waals surface area contributed by atoms with Crippen molar-refractivity contribution in [1.82, 2.24) is 4.90 Å². The van der Waals surface area contributed by atoms with Gasteiger partial charge in [-0.1, -0.05) is 18.2 Å². The number of aliphatic hydroxyl groups is 1. The lowest BCUT2D eigenvalue weighted by Gasteiger charge is -2.50. The van der Waals surface area contributed by atoms with Gasteiger partial charge in [0.25, 0.3) is 5.69 Å². The number of piperidine rings is 3. The van der Waals surface area contributed by atoms with Gasteiger partial charge in [0.05, 0.1) is 29.1 Å². The summed E-state index contributed by atoms with van der Waals surface area (Å²) in [5.41, 5.74) is 2.65. The quantitative estimate of drug-likeness (QED) is 0.249. The van der Waals surface area contributed by atoms with E-state index in [0.29, 0.717) is 24.1 Å². The van der Waals surface area contributed by atoms with E-state index in [1.807, 2.05) is 41.1 Å². The Morgan fingerprint density at radius 3 is 2.85 bits per heavy atom. The first-order valence-electron chi connectivity index (χ1n) is 11.8. The number of aromatic nitrogens is 1. The molecule has 4 heterocycles. The number of ether oxygens (including phenoxy) is 1. The first kappa shape index (κ1) is 22.5. The number of aliphatic hydroxyl groups excluding tert-OH is 1. The van der Waals surface area contributed by atoms with E-state index in [1.165, 1.54) is 12.5 Å². The number of nitro groups is 1. The van der Waals surface area contributed by atoms with E-state index in [0.717, 1.165) is 41.5 Å². The van der Waals surface area contributed by atoms with E-state index < -0.39 is 11.0 Å². The van der Waals surface area contributed by atoms with Crippen LogP contribution >= 0.6 is 0 Å². The van der Waals surface area contributed by atoms with Crippen LogP contribution in [0.2, 0.25) is 0 Å². The molecular weight excluding hydrogens is 430 g/mol. The Balaban J connectivity index is 1.50. The predicted molar refractivity (Wildman–Crippen MR) is 130 cm³/mol. The van der Waals surface area contributed by atoms with Crippen molar-refractivity contribution in [3.05, 3.63) is 88.6 Å². The van der Waals surface area contributed by atoms with Gasteiger partial charge in [-0.15, -0.1) is 6.58 Å². The zero-order chi connectivity index (χ0) is 23.8. The largest absolute Gasteiger partial charge is 0.496 e. The fourth-order valence-electron chi connectivity index (χ4n) is 5.80. The molecular formula is C27H30N3O4+. The van der Waals surface area contributed by atoms with Gasteiger partial charge in [0.1, 0.15) is 5.75 Å². The summed E-state index contributed by atoms with van der Waals surface area (Å²) in [4.78, 5) is 13.3. The Hall–Kier alpha value is -3.29. The van der Waals surface area contributed by atoms with Crippen LogP contribution in [0.4, 0.5) is 5.69 Å². The number of benzene rings is 2. The lowest BCUT2D eigenvalue weighted by molar-refractivity contribution is -0.662. The summed E-state index contributed by atoms with van der Waals surface area (Å²) in [6, 6.07) is 14.8. The summed E-state index contributed by atoms with van der Waals surface area (Å²) in [5.74, 6) is 1.70. The summed E-state index contributed by atoms with van der Waals surface area (Å²) in [5, 5.41) is 23.8. The topological polar surface area (TPSA) is 79.7 Å². The van der Waals surface area contributed by atoms with E-state index >= 15 is 0 Å². The fourth-order valence-corrected chi connectivity index (χ4v) is 5.80. The molecule has 2 bridgehead atoms. The molecule has 5 atom stereocenters. The second kappa shape index (κ2) is 9.16. The van der Waals surface area contributed by atoms with Gasteiger partial charge in [-0.05, 0) is 43.4 Å². The number of hydrogen-bond donors (Lipinski definition) is 1. The van der Waals surface area contributed by atoms with Gasteiger partial charge < -0.3 is 9.84 Å². The third-order valence-corrected chi connectivity index (χ3v) is 7.61. The molecule has 7 heteroatoms. The molecule has 0 amide bonds. The SMILES string of the molecule is C=CC1CN2CCC1CC2[C@H](O)c1cc[n+](Cc2cc([N+](=O)[O-])ccc2OC)c2ccccc12. The van der Waals surface area contributed by atoms with Crippen molar-refractivity contribution in [1.29, 1.82) is 0 Å². The first-order valence-corrected chi connectivity index (χ1v) is 11.8. The molecule has 4 unspecified atom stereocenters. The molecule has 7 nitrogen and oxygen atoms in total. The van der Waals surface area contributed by atoms with Crippen LogP contribution in [-0.2, 0) is 6.54 Å². The third-order valence-electron chi connectivity index (χ3n) is 7.61. The summed E-state index contributed by atoms with van der Waals surface area (Å²) >= 11 is 0. The van der Waals surface area contributed by atoms with Crippen molar-refractivity contribution in [2.45, 2.75) is 31.5 Å². The van der Waals surface area contributed by atoms with Crippen LogP contribution in [0.1, 0.15) is 30.1 Å². The lowest BCUT2D eigenvalue weighted by Crippen LogP contribution is -2.54. The number of nitrogens with zero attached hydrogens (tertiary/aromatic N) is 3. The van der Waals surface area contributed by atoms with Crippen LogP contribution in [0.5, 0.6) is 5.75 Å². The van der Waals surface area contributed by atoms with E-state index in [2.05, 4.69) is 17.6 Å².